The van der Waals surface area contributed by atoms with E-state index >= 15 is 0 Å². The smallest absolute Gasteiger partial charge is 0.129 e. The molecule has 0 amide bonds. The second kappa shape index (κ2) is 9.16. The van der Waals surface area contributed by atoms with Crippen LogP contribution >= 0.6 is 0 Å². The molecule has 0 aliphatic carbocycles. The average molecular weight is 104 g/mol. The molecule has 0 radical (unpaired) electrons. The molecule has 0 atom stereocenters. The molecule has 0 spiro atoms. The van der Waals surface area contributed by atoms with Crippen molar-refractivity contribution in [2.75, 3.05) is 7.11 Å². The molecule has 44 valence electrons. The number of carbonyl (C=O) groups is 1. The van der Waals surface area contributed by atoms with E-state index < -0.39 is 0 Å². The topological polar surface area (TPSA) is 37.3 Å². The van der Waals surface area contributed by atoms with Crippen LogP contribution in [0.5, 0.6) is 0 Å². The van der Waals surface area contributed by atoms with Gasteiger partial charge in [0, 0.05) is 13.5 Å². The number of hydrogen-bond donors (Lipinski definition) is 1. The maximum Gasteiger partial charge on any atom is 0.129 e. The number of aliphatic hydroxyl groups excluding tert-OH is 1. The van der Waals surface area contributed by atoms with Gasteiger partial charge in [-0.05, 0) is 6.92 Å². The van der Waals surface area contributed by atoms with E-state index in [-0.39, 0.29) is 5.78 Å². The first-order valence-corrected chi connectivity index (χ1v) is 2.21. The zero-order valence-electron chi connectivity index (χ0n) is 5.06. The molecule has 2 nitrogen and oxygen atoms in total. The van der Waals surface area contributed by atoms with Gasteiger partial charge >= 0.3 is 0 Å². The third-order valence-electron chi connectivity index (χ3n) is 0.498. The number of carbonyl (C=O) groups excluding carboxylic acids is 1. The summed E-state index contributed by atoms with van der Waals surface area (Å²) in [7, 11) is 1.00. The Hall–Kier alpha value is -0.370. The number of aliphatic hydroxyl groups is 1. The standard InChI is InChI=1S/C4H8O.CH4O/c1-3-4(2)5;1-2/h3H2,1-2H3;2H,1H3. The van der Waals surface area contributed by atoms with Gasteiger partial charge in [-0.1, -0.05) is 6.92 Å². The van der Waals surface area contributed by atoms with Crippen LogP contribution in [0.2, 0.25) is 0 Å². The number of ketones is 1. The van der Waals surface area contributed by atoms with Gasteiger partial charge in [-0.3, -0.25) is 0 Å². The van der Waals surface area contributed by atoms with Crippen molar-refractivity contribution in [3.05, 3.63) is 0 Å². The fourth-order valence-corrected chi connectivity index (χ4v) is 0. The minimum absolute atomic E-state index is 0.255. The Labute approximate surface area is 44.2 Å². The van der Waals surface area contributed by atoms with Gasteiger partial charge < -0.3 is 9.90 Å². The van der Waals surface area contributed by atoms with E-state index in [4.69, 9.17) is 5.11 Å². The van der Waals surface area contributed by atoms with Crippen LogP contribution in [0.1, 0.15) is 20.3 Å². The van der Waals surface area contributed by atoms with Crippen molar-refractivity contribution in [2.24, 2.45) is 0 Å². The van der Waals surface area contributed by atoms with Crippen molar-refractivity contribution in [2.45, 2.75) is 20.3 Å². The predicted molar refractivity (Wildman–Crippen MR) is 29.1 cm³/mol. The van der Waals surface area contributed by atoms with Crippen molar-refractivity contribution in [3.63, 3.8) is 0 Å². The molecular weight excluding hydrogens is 92.1 g/mol. The van der Waals surface area contributed by atoms with Crippen LogP contribution in [-0.4, -0.2) is 18.0 Å². The zero-order chi connectivity index (χ0) is 6.28. The minimum Gasteiger partial charge on any atom is -0.400 e. The summed E-state index contributed by atoms with van der Waals surface area (Å²) >= 11 is 0. The molecule has 0 bridgehead atoms. The molecule has 0 aliphatic rings. The van der Waals surface area contributed by atoms with E-state index in [1.54, 1.807) is 6.92 Å². The monoisotopic (exact) mass is 104 g/mol. The maximum atomic E-state index is 9.81. The first-order valence-electron chi connectivity index (χ1n) is 2.21. The second-order valence-electron chi connectivity index (χ2n) is 1.06. The summed E-state index contributed by atoms with van der Waals surface area (Å²) in [5.41, 5.74) is 0. The molecule has 0 saturated carbocycles. The van der Waals surface area contributed by atoms with Gasteiger partial charge in [0.1, 0.15) is 5.78 Å². The highest BCUT2D eigenvalue weighted by molar-refractivity contribution is 5.74. The van der Waals surface area contributed by atoms with Gasteiger partial charge in [0.15, 0.2) is 0 Å². The summed E-state index contributed by atoms with van der Waals surface area (Å²) in [5, 5.41) is 7.00. The lowest BCUT2D eigenvalue weighted by atomic mass is 10.4. The fraction of sp³-hybridized carbons (Fsp3) is 0.800. The van der Waals surface area contributed by atoms with Crippen molar-refractivity contribution in [1.29, 1.82) is 0 Å². The van der Waals surface area contributed by atoms with Gasteiger partial charge in [-0.15, -0.1) is 0 Å². The van der Waals surface area contributed by atoms with Crippen LogP contribution < -0.4 is 0 Å². The molecule has 0 fully saturated rings. The SMILES string of the molecule is CCC(C)=O.CO. The summed E-state index contributed by atoms with van der Waals surface area (Å²) in [6.45, 7) is 3.43. The predicted octanol–water partition coefficient (Wildman–Crippen LogP) is 0.594. The molecule has 0 unspecified atom stereocenters. The van der Waals surface area contributed by atoms with E-state index in [9.17, 15) is 4.79 Å². The van der Waals surface area contributed by atoms with E-state index in [1.807, 2.05) is 6.92 Å². The molecular formula is C5H12O2. The Morgan fingerprint density at radius 3 is 1.71 bits per heavy atom. The highest BCUT2D eigenvalue weighted by Gasteiger charge is 1.76. The molecule has 0 saturated heterocycles. The van der Waals surface area contributed by atoms with Gasteiger partial charge in [0.25, 0.3) is 0 Å². The summed E-state index contributed by atoms with van der Waals surface area (Å²) in [4.78, 5) is 9.81. The lowest BCUT2D eigenvalue weighted by molar-refractivity contribution is -0.116. The van der Waals surface area contributed by atoms with Crippen LogP contribution in [0.4, 0.5) is 0 Å². The Balaban J connectivity index is 0. The van der Waals surface area contributed by atoms with E-state index in [2.05, 4.69) is 0 Å². The molecule has 0 aromatic carbocycles. The van der Waals surface area contributed by atoms with Crippen molar-refractivity contribution in [3.8, 4) is 0 Å². The molecule has 0 aromatic heterocycles. The number of hydrogen-bond acceptors (Lipinski definition) is 2. The fourth-order valence-electron chi connectivity index (χ4n) is 0. The van der Waals surface area contributed by atoms with E-state index in [0.717, 1.165) is 7.11 Å². The summed E-state index contributed by atoms with van der Waals surface area (Å²) in [6.07, 6.45) is 0.667. The van der Waals surface area contributed by atoms with Gasteiger partial charge in [0.2, 0.25) is 0 Å². The molecule has 0 aliphatic heterocycles. The number of rotatable bonds is 1. The quantitative estimate of drug-likeness (QED) is 0.528. The summed E-state index contributed by atoms with van der Waals surface area (Å²) in [6, 6.07) is 0. The first kappa shape index (κ1) is 9.80. The van der Waals surface area contributed by atoms with Gasteiger partial charge in [-0.25, -0.2) is 0 Å². The molecule has 0 heterocycles. The first-order chi connectivity index (χ1) is 3.27. The Kier molecular flexibility index (Phi) is 12.8. The zero-order valence-corrected chi connectivity index (χ0v) is 5.06. The maximum absolute atomic E-state index is 9.81. The summed E-state index contributed by atoms with van der Waals surface area (Å²) in [5.74, 6) is 0.255. The summed E-state index contributed by atoms with van der Waals surface area (Å²) < 4.78 is 0. The molecule has 0 aromatic rings. The van der Waals surface area contributed by atoms with Crippen LogP contribution in [0.3, 0.4) is 0 Å². The Bertz CT molecular complexity index is 41.3. The Morgan fingerprint density at radius 1 is 1.57 bits per heavy atom. The largest absolute Gasteiger partial charge is 0.400 e. The highest BCUT2D eigenvalue weighted by atomic mass is 16.2. The molecule has 2 heteroatoms. The van der Waals surface area contributed by atoms with Crippen molar-refractivity contribution >= 4 is 5.78 Å². The van der Waals surface area contributed by atoms with Gasteiger partial charge in [0.05, 0.1) is 0 Å². The average Bonchev–Trinajstić information content (AvgIpc) is 1.73. The van der Waals surface area contributed by atoms with Crippen LogP contribution in [0.25, 0.3) is 0 Å². The number of Topliss-reactive ketones (excluding diaryl/α,β-unsaturated/α-hetero) is 1. The second-order valence-corrected chi connectivity index (χ2v) is 1.06. The van der Waals surface area contributed by atoms with E-state index in [1.165, 1.54) is 0 Å². The van der Waals surface area contributed by atoms with Crippen LogP contribution in [0, 0.1) is 0 Å². The molecule has 7 heavy (non-hydrogen) atoms. The molecule has 1 N–H and O–H groups in total. The lowest BCUT2D eigenvalue weighted by Gasteiger charge is -1.71. The highest BCUT2D eigenvalue weighted by Crippen LogP contribution is 1.71. The van der Waals surface area contributed by atoms with Gasteiger partial charge in [-0.2, -0.15) is 0 Å². The molecule has 0 rings (SSSR count). The third-order valence-corrected chi connectivity index (χ3v) is 0.498. The van der Waals surface area contributed by atoms with Crippen LogP contribution in [0.15, 0.2) is 0 Å². The minimum atomic E-state index is 0.255. The van der Waals surface area contributed by atoms with E-state index in [0.29, 0.717) is 6.42 Å². The third kappa shape index (κ3) is 27.9. The lowest BCUT2D eigenvalue weighted by Crippen LogP contribution is -1.80. The Morgan fingerprint density at radius 2 is 1.71 bits per heavy atom. The van der Waals surface area contributed by atoms with Crippen LogP contribution in [-0.2, 0) is 4.79 Å². The normalized spacial score (nSPS) is 6.29. The van der Waals surface area contributed by atoms with Crippen molar-refractivity contribution < 1.29 is 9.90 Å². The van der Waals surface area contributed by atoms with Crippen molar-refractivity contribution in [1.82, 2.24) is 0 Å².